The Morgan fingerprint density at radius 1 is 0.808 bits per heavy atom. The number of pyridine rings is 1. The van der Waals surface area contributed by atoms with Gasteiger partial charge in [-0.25, -0.2) is 9.36 Å². The van der Waals surface area contributed by atoms with E-state index in [1.54, 1.807) is 0 Å². The van der Waals surface area contributed by atoms with Crippen molar-refractivity contribution in [3.05, 3.63) is 41.7 Å². The molecule has 1 aromatic rings. The number of allylic oxidation sites excluding steroid dienone is 2. The quantitative estimate of drug-likeness (QED) is 0.0864. The van der Waals surface area contributed by atoms with Gasteiger partial charge in [-0.15, -0.1) is 0 Å². The molecule has 0 saturated heterocycles. The van der Waals surface area contributed by atoms with Crippen molar-refractivity contribution in [3.8, 4) is 0 Å². The number of aromatic nitrogens is 1. The molecule has 1 heterocycles. The van der Waals surface area contributed by atoms with Crippen LogP contribution >= 0.6 is 0 Å². The van der Waals surface area contributed by atoms with E-state index >= 15 is 0 Å². The molecule has 4 fully saturated rings. The van der Waals surface area contributed by atoms with E-state index in [-0.39, 0.29) is 39.9 Å². The minimum Gasteiger partial charge on any atom is -1.00 e. The summed E-state index contributed by atoms with van der Waals surface area (Å²) in [5.41, 5.74) is 3.90. The maximum absolute atomic E-state index is 13.8. The number of hydrogen-bond acceptors (Lipinski definition) is 2. The van der Waals surface area contributed by atoms with Gasteiger partial charge in [0, 0.05) is 17.9 Å². The lowest BCUT2D eigenvalue weighted by molar-refractivity contribution is -0.697. The van der Waals surface area contributed by atoms with Gasteiger partial charge in [0.2, 0.25) is 0 Å². The van der Waals surface area contributed by atoms with Crippen LogP contribution in [0.25, 0.3) is 0 Å². The van der Waals surface area contributed by atoms with Crippen LogP contribution in [0.4, 0.5) is 0 Å². The molecule has 52 heavy (non-hydrogen) atoms. The summed E-state index contributed by atoms with van der Waals surface area (Å²) in [6.45, 7) is 24.0. The van der Waals surface area contributed by atoms with E-state index < -0.39 is 0 Å². The molecule has 4 heteroatoms. The van der Waals surface area contributed by atoms with Crippen LogP contribution in [-0.2, 0) is 11.3 Å². The average Bonchev–Trinajstić information content (AvgIpc) is 3.09. The molecule has 1 aromatic heterocycles. The van der Waals surface area contributed by atoms with Crippen LogP contribution in [0.3, 0.4) is 0 Å². The van der Waals surface area contributed by atoms with Crippen molar-refractivity contribution >= 4 is 5.97 Å². The van der Waals surface area contributed by atoms with E-state index in [1.165, 1.54) is 116 Å². The largest absolute Gasteiger partial charge is 1.00 e. The summed E-state index contributed by atoms with van der Waals surface area (Å²) < 4.78 is 8.75. The van der Waals surface area contributed by atoms with Gasteiger partial charge in [0.1, 0.15) is 18.2 Å². The summed E-state index contributed by atoms with van der Waals surface area (Å²) >= 11 is 0. The van der Waals surface area contributed by atoms with Crippen LogP contribution in [0.5, 0.6) is 0 Å². The second kappa shape index (κ2) is 16.5. The minimum absolute atomic E-state index is 0. The molecule has 0 unspecified atom stereocenters. The van der Waals surface area contributed by atoms with Crippen LogP contribution in [-0.4, -0.2) is 12.1 Å². The lowest BCUT2D eigenvalue weighted by atomic mass is 9.33. The van der Waals surface area contributed by atoms with Gasteiger partial charge in [0.25, 0.3) is 0 Å². The van der Waals surface area contributed by atoms with Gasteiger partial charge in [-0.1, -0.05) is 125 Å². The predicted molar refractivity (Wildman–Crippen MR) is 212 cm³/mol. The molecule has 3 nitrogen and oxygen atoms in total. The fourth-order valence-electron chi connectivity index (χ4n) is 13.8. The van der Waals surface area contributed by atoms with Crippen LogP contribution in [0.1, 0.15) is 195 Å². The normalized spacial score (nSPS) is 39.1. The first kappa shape index (κ1) is 42.0. The summed E-state index contributed by atoms with van der Waals surface area (Å²) in [5.74, 6) is 3.48. The Morgan fingerprint density at radius 2 is 1.48 bits per heavy atom. The Kier molecular flexibility index (Phi) is 13.3. The zero-order valence-corrected chi connectivity index (χ0v) is 36.7. The zero-order valence-electron chi connectivity index (χ0n) is 35.1. The van der Waals surface area contributed by atoms with Gasteiger partial charge in [-0.3, -0.25) is 0 Å². The monoisotopic (exact) mass is 780 g/mol. The molecule has 4 saturated carbocycles. The number of rotatable bonds is 13. The van der Waals surface area contributed by atoms with Gasteiger partial charge >= 0.3 is 5.97 Å². The standard InChI is InChI=1S/C48H78NO2.BrH/c1-10-11-12-13-14-15-16-17-18-19-32-49-33-20-21-37(34-49)43(50)51-41-26-28-46(7)39(44(41,4)5)25-29-48(9)40(46)23-22-38-42-36(3)35(2)24-27-45(42,6)30-31-47(38,48)8;/h20-22,33-36,39-42H,10-19,23-32H2,1-9H3;1H/q+1;/p-1/t35-,36+,39+,40-,41+,42+,45-,46+,47-,48-;/m1./s1. The number of fused-ring (bicyclic) bond motifs is 7. The van der Waals surface area contributed by atoms with E-state index in [9.17, 15) is 4.79 Å². The van der Waals surface area contributed by atoms with E-state index in [4.69, 9.17) is 4.74 Å². The number of ether oxygens (including phenoxy) is 1. The average molecular weight is 781 g/mol. The number of hydrogen-bond donors (Lipinski definition) is 0. The number of carbonyl (C=O) groups is 1. The maximum atomic E-state index is 13.8. The van der Waals surface area contributed by atoms with Gasteiger partial charge in [0.05, 0.1) is 0 Å². The summed E-state index contributed by atoms with van der Waals surface area (Å²) in [6, 6.07) is 3.99. The number of aryl methyl sites for hydroxylation is 1. The SMILES string of the molecule is CCCCCCCCCCCC[n+]1cccc(C(=O)O[C@H]2CC[C@]3(C)[C@H]4CC=C5[C@@H]6[C@@H](C)[C@H](C)CC[C@]6(C)CC[C@@]5(C)[C@]4(C)CC[C@H]3C2(C)C)c1.[Br-]. The molecule has 0 bridgehead atoms. The van der Waals surface area contributed by atoms with E-state index in [0.717, 1.165) is 30.7 Å². The van der Waals surface area contributed by atoms with E-state index in [0.29, 0.717) is 33.6 Å². The van der Waals surface area contributed by atoms with E-state index in [2.05, 4.69) is 79.2 Å². The third-order valence-electron chi connectivity index (χ3n) is 17.4. The van der Waals surface area contributed by atoms with Crippen molar-refractivity contribution < 1.29 is 31.1 Å². The summed E-state index contributed by atoms with van der Waals surface area (Å²) in [5, 5.41) is 0. The number of carbonyl (C=O) groups excluding carboxylic acids is 1. The van der Waals surface area contributed by atoms with Crippen molar-refractivity contribution in [1.82, 2.24) is 0 Å². The van der Waals surface area contributed by atoms with Crippen molar-refractivity contribution in [2.75, 3.05) is 0 Å². The highest BCUT2D eigenvalue weighted by atomic mass is 79.9. The molecule has 0 spiro atoms. The molecule has 294 valence electrons. The Hall–Kier alpha value is -1.16. The van der Waals surface area contributed by atoms with Crippen LogP contribution in [0.2, 0.25) is 0 Å². The summed E-state index contributed by atoms with van der Waals surface area (Å²) in [7, 11) is 0. The van der Waals surface area contributed by atoms with Gasteiger partial charge in [-0.05, 0) is 122 Å². The molecular formula is C48H78BrNO2. The van der Waals surface area contributed by atoms with Crippen LogP contribution in [0, 0.1) is 56.7 Å². The Balaban J connectivity index is 0.00000523. The van der Waals surface area contributed by atoms with Gasteiger partial charge < -0.3 is 21.7 Å². The van der Waals surface area contributed by atoms with Crippen molar-refractivity contribution in [3.63, 3.8) is 0 Å². The fourth-order valence-corrected chi connectivity index (χ4v) is 13.8. The molecular weight excluding hydrogens is 702 g/mol. The molecule has 0 aromatic carbocycles. The highest BCUT2D eigenvalue weighted by Crippen LogP contribution is 2.75. The second-order valence-electron chi connectivity index (χ2n) is 20.6. The molecule has 0 N–H and O–H groups in total. The second-order valence-corrected chi connectivity index (χ2v) is 20.6. The molecule has 5 aliphatic carbocycles. The molecule has 0 radical (unpaired) electrons. The number of nitrogens with zero attached hydrogens (tertiary/aromatic N) is 1. The minimum atomic E-state index is -0.131. The Bertz CT molecular complexity index is 1400. The first-order chi connectivity index (χ1) is 24.2. The summed E-state index contributed by atoms with van der Waals surface area (Å²) in [6.07, 6.45) is 31.9. The van der Waals surface area contributed by atoms with Crippen molar-refractivity contribution in [1.29, 1.82) is 0 Å². The first-order valence-corrected chi connectivity index (χ1v) is 22.1. The lowest BCUT2D eigenvalue weighted by Crippen LogP contribution is -3.00. The smallest absolute Gasteiger partial charge is 0.344 e. The maximum Gasteiger partial charge on any atom is 0.344 e. The third-order valence-corrected chi connectivity index (χ3v) is 17.4. The topological polar surface area (TPSA) is 30.2 Å². The number of halogens is 1. The molecule has 0 aliphatic heterocycles. The number of esters is 1. The van der Waals surface area contributed by atoms with Crippen molar-refractivity contribution in [2.45, 2.75) is 197 Å². The molecule has 6 rings (SSSR count). The number of unbranched alkanes of at least 4 members (excludes halogenated alkanes) is 9. The Labute approximate surface area is 331 Å². The Morgan fingerprint density at radius 3 is 2.17 bits per heavy atom. The zero-order chi connectivity index (χ0) is 36.7. The highest BCUT2D eigenvalue weighted by Gasteiger charge is 2.68. The third kappa shape index (κ3) is 7.53. The van der Waals surface area contributed by atoms with Crippen LogP contribution in [0.15, 0.2) is 36.2 Å². The van der Waals surface area contributed by atoms with Gasteiger partial charge in [0.15, 0.2) is 12.4 Å². The molecule has 10 atom stereocenters. The lowest BCUT2D eigenvalue weighted by Gasteiger charge is -2.71. The van der Waals surface area contributed by atoms with E-state index in [1.807, 2.05) is 23.9 Å². The van der Waals surface area contributed by atoms with Crippen LogP contribution < -0.4 is 21.5 Å². The predicted octanol–water partition coefficient (Wildman–Crippen LogP) is 10.1. The highest BCUT2D eigenvalue weighted by molar-refractivity contribution is 5.88. The molecule has 5 aliphatic rings. The first-order valence-electron chi connectivity index (χ1n) is 22.1. The van der Waals surface area contributed by atoms with Crippen molar-refractivity contribution in [2.24, 2.45) is 56.7 Å². The van der Waals surface area contributed by atoms with Gasteiger partial charge in [-0.2, -0.15) is 0 Å². The fraction of sp³-hybridized carbons (Fsp3) is 0.833. The molecule has 0 amide bonds. The summed E-state index contributed by atoms with van der Waals surface area (Å²) in [4.78, 5) is 13.8.